The van der Waals surface area contributed by atoms with Gasteiger partial charge >= 0.3 is 0 Å². The number of thioether (sulfide) groups is 1. The van der Waals surface area contributed by atoms with Crippen molar-refractivity contribution in [2.45, 2.75) is 35.9 Å². The summed E-state index contributed by atoms with van der Waals surface area (Å²) in [6.07, 6.45) is 9.49. The Morgan fingerprint density at radius 1 is 1.23 bits per heavy atom. The number of nitrogens with zero attached hydrogens (tertiary/aromatic N) is 5. The number of hydrogen-bond acceptors (Lipinski definition) is 7. The van der Waals surface area contributed by atoms with E-state index in [-0.39, 0.29) is 5.54 Å². The summed E-state index contributed by atoms with van der Waals surface area (Å²) in [6, 6.07) is 14.1. The molecular weight excluding hydrogens is 480 g/mol. The summed E-state index contributed by atoms with van der Waals surface area (Å²) in [5.41, 5.74) is 4.24. The van der Waals surface area contributed by atoms with Crippen LogP contribution in [0.2, 0.25) is 5.02 Å². The zero-order valence-corrected chi connectivity index (χ0v) is 20.9. The molecule has 2 saturated heterocycles. The van der Waals surface area contributed by atoms with Crippen LogP contribution in [0, 0.1) is 0 Å². The van der Waals surface area contributed by atoms with Crippen molar-refractivity contribution in [3.8, 4) is 11.3 Å². The maximum atomic E-state index is 12.1. The lowest BCUT2D eigenvalue weighted by Gasteiger charge is -2.47. The van der Waals surface area contributed by atoms with Crippen molar-refractivity contribution in [3.63, 3.8) is 0 Å². The number of piperazine rings is 1. The summed E-state index contributed by atoms with van der Waals surface area (Å²) in [5, 5.41) is 5.20. The minimum absolute atomic E-state index is 0.212. The van der Waals surface area contributed by atoms with Crippen LogP contribution in [0.15, 0.2) is 59.9 Å². The number of benzene rings is 1. The molecule has 2 aliphatic heterocycles. The van der Waals surface area contributed by atoms with E-state index in [2.05, 4.69) is 30.7 Å². The van der Waals surface area contributed by atoms with Crippen molar-refractivity contribution in [2.75, 3.05) is 24.2 Å². The number of hydrogen-bond donors (Lipinski definition) is 1. The van der Waals surface area contributed by atoms with Gasteiger partial charge in [0.1, 0.15) is 5.69 Å². The third kappa shape index (κ3) is 3.80. The summed E-state index contributed by atoms with van der Waals surface area (Å²) in [5.74, 6) is 0.674. The number of anilines is 1. The third-order valence-corrected chi connectivity index (χ3v) is 8.12. The summed E-state index contributed by atoms with van der Waals surface area (Å²) >= 11 is 7.72. The average Bonchev–Trinajstić information content (AvgIpc) is 3.35. The zero-order valence-electron chi connectivity index (χ0n) is 19.3. The van der Waals surface area contributed by atoms with Crippen LogP contribution in [-0.4, -0.2) is 56.6 Å². The molecule has 2 aliphatic rings. The molecule has 2 atom stereocenters. The minimum atomic E-state index is -0.212. The fourth-order valence-corrected chi connectivity index (χ4v) is 6.23. The highest BCUT2D eigenvalue weighted by Crippen LogP contribution is 2.44. The second-order valence-electron chi connectivity index (χ2n) is 9.17. The highest BCUT2D eigenvalue weighted by atomic mass is 35.5. The highest BCUT2D eigenvalue weighted by molar-refractivity contribution is 7.98. The molecule has 0 aliphatic carbocycles. The number of rotatable bonds is 6. The van der Waals surface area contributed by atoms with Crippen LogP contribution in [-0.2, 0) is 6.42 Å². The fourth-order valence-electron chi connectivity index (χ4n) is 5.71. The van der Waals surface area contributed by atoms with E-state index in [1.54, 1.807) is 18.0 Å². The molecule has 0 saturated carbocycles. The molecule has 1 aromatic carbocycles. The smallest absolute Gasteiger partial charge is 0.234 e. The van der Waals surface area contributed by atoms with E-state index in [1.807, 2.05) is 48.9 Å². The Labute approximate surface area is 212 Å². The fraction of sp³-hybridized carbons (Fsp3) is 0.308. The van der Waals surface area contributed by atoms with Crippen molar-refractivity contribution in [1.29, 1.82) is 0 Å². The minimum Gasteiger partial charge on any atom is -0.358 e. The largest absolute Gasteiger partial charge is 0.358 e. The monoisotopic (exact) mass is 504 g/mol. The average molecular weight is 505 g/mol. The van der Waals surface area contributed by atoms with E-state index in [0.29, 0.717) is 22.5 Å². The number of imidazole rings is 1. The van der Waals surface area contributed by atoms with Crippen LogP contribution < -0.4 is 10.2 Å². The van der Waals surface area contributed by atoms with Gasteiger partial charge in [-0.1, -0.05) is 23.7 Å². The van der Waals surface area contributed by atoms with Crippen molar-refractivity contribution >= 4 is 41.1 Å². The molecule has 178 valence electrons. The Balaban J connectivity index is 1.49. The lowest BCUT2D eigenvalue weighted by Crippen LogP contribution is -2.62. The second-order valence-corrected chi connectivity index (χ2v) is 10.4. The van der Waals surface area contributed by atoms with Gasteiger partial charge in [0, 0.05) is 48.5 Å². The van der Waals surface area contributed by atoms with Gasteiger partial charge in [-0.05, 0) is 49.4 Å². The number of aromatic nitrogens is 4. The molecule has 6 rings (SSSR count). The van der Waals surface area contributed by atoms with E-state index >= 15 is 0 Å². The van der Waals surface area contributed by atoms with Gasteiger partial charge in [0.15, 0.2) is 6.29 Å². The molecule has 3 aromatic heterocycles. The van der Waals surface area contributed by atoms with E-state index in [1.165, 1.54) is 0 Å². The molecule has 4 aromatic rings. The van der Waals surface area contributed by atoms with Gasteiger partial charge in [-0.2, -0.15) is 0 Å². The first-order chi connectivity index (χ1) is 17.1. The first-order valence-corrected chi connectivity index (χ1v) is 13.3. The van der Waals surface area contributed by atoms with Crippen LogP contribution in [0.5, 0.6) is 0 Å². The van der Waals surface area contributed by atoms with E-state index < -0.39 is 0 Å². The first-order valence-electron chi connectivity index (χ1n) is 11.7. The molecular formula is C26H25ClN6OS. The quantitative estimate of drug-likeness (QED) is 0.305. The molecule has 2 unspecified atom stereocenters. The lowest BCUT2D eigenvalue weighted by molar-refractivity contribution is 0.111. The summed E-state index contributed by atoms with van der Waals surface area (Å²) in [7, 11) is 0. The van der Waals surface area contributed by atoms with Crippen LogP contribution >= 0.6 is 23.4 Å². The topological polar surface area (TPSA) is 75.4 Å². The van der Waals surface area contributed by atoms with Gasteiger partial charge in [-0.15, -0.1) is 11.8 Å². The predicted molar refractivity (Wildman–Crippen MR) is 140 cm³/mol. The molecule has 7 nitrogen and oxygen atoms in total. The van der Waals surface area contributed by atoms with E-state index in [9.17, 15) is 4.79 Å². The Morgan fingerprint density at radius 2 is 2.09 bits per heavy atom. The lowest BCUT2D eigenvalue weighted by atomic mass is 9.87. The Hall–Kier alpha value is -2.94. The number of carbonyl (C=O) groups is 1. The van der Waals surface area contributed by atoms with E-state index in [4.69, 9.17) is 16.6 Å². The number of aldehydes is 1. The van der Waals surface area contributed by atoms with Gasteiger partial charge in [-0.3, -0.25) is 9.20 Å². The molecule has 0 radical (unpaired) electrons. The van der Waals surface area contributed by atoms with Crippen molar-refractivity contribution in [1.82, 2.24) is 24.7 Å². The highest BCUT2D eigenvalue weighted by Gasteiger charge is 2.50. The van der Waals surface area contributed by atoms with Crippen LogP contribution in [0.3, 0.4) is 0 Å². The molecule has 9 heteroatoms. The normalized spacial score (nSPS) is 21.5. The van der Waals surface area contributed by atoms with Gasteiger partial charge in [-0.25, -0.2) is 15.0 Å². The van der Waals surface area contributed by atoms with Crippen LogP contribution in [0.4, 0.5) is 5.69 Å². The van der Waals surface area contributed by atoms with Crippen LogP contribution in [0.25, 0.3) is 17.0 Å². The summed E-state index contributed by atoms with van der Waals surface area (Å²) < 4.78 is 2.09. The molecule has 35 heavy (non-hydrogen) atoms. The Bertz CT molecular complexity index is 1400. The second kappa shape index (κ2) is 8.93. The SMILES string of the molecule is CSc1ccc(N2C3CCC2(Cc2c(-c4ccc(Cl)cc4)nc4ncccn24)CNC3)c(C=O)n1. The van der Waals surface area contributed by atoms with Crippen molar-refractivity contribution < 1.29 is 4.79 Å². The Morgan fingerprint density at radius 3 is 2.89 bits per heavy atom. The van der Waals surface area contributed by atoms with Crippen LogP contribution in [0.1, 0.15) is 29.0 Å². The zero-order chi connectivity index (χ0) is 24.0. The van der Waals surface area contributed by atoms with Crippen molar-refractivity contribution in [3.05, 3.63) is 71.3 Å². The Kier molecular flexibility index (Phi) is 5.75. The number of fused-ring (bicyclic) bond motifs is 3. The maximum absolute atomic E-state index is 12.1. The molecule has 2 fully saturated rings. The molecule has 2 bridgehead atoms. The van der Waals surface area contributed by atoms with Gasteiger partial charge in [0.2, 0.25) is 5.78 Å². The molecule has 5 heterocycles. The molecule has 1 N–H and O–H groups in total. The number of nitrogens with one attached hydrogen (secondary N) is 1. The van der Waals surface area contributed by atoms with Gasteiger partial charge < -0.3 is 10.2 Å². The number of halogens is 1. The molecule has 0 spiro atoms. The van der Waals surface area contributed by atoms with E-state index in [0.717, 1.165) is 66.3 Å². The maximum Gasteiger partial charge on any atom is 0.234 e. The standard InChI is InChI=1S/C26H25ClN6OS/c1-35-23-8-7-21(20(15-34)30-23)33-19-9-10-26(33,16-28-14-19)13-22-24(17-3-5-18(27)6-4-17)31-25-29-11-2-12-32(22)25/h2-8,11-12,15,19,28H,9-10,13-14,16H2,1H3. The third-order valence-electron chi connectivity index (χ3n) is 7.23. The first kappa shape index (κ1) is 22.5. The van der Waals surface area contributed by atoms with Gasteiger partial charge in [0.25, 0.3) is 0 Å². The molecule has 0 amide bonds. The number of pyridine rings is 1. The summed E-state index contributed by atoms with van der Waals surface area (Å²) in [6.45, 7) is 1.71. The predicted octanol–water partition coefficient (Wildman–Crippen LogP) is 4.53. The van der Waals surface area contributed by atoms with Gasteiger partial charge in [0.05, 0.1) is 27.6 Å². The van der Waals surface area contributed by atoms with Crippen molar-refractivity contribution in [2.24, 2.45) is 0 Å². The summed E-state index contributed by atoms with van der Waals surface area (Å²) in [4.78, 5) is 28.6. The number of carbonyl (C=O) groups excluding carboxylic acids is 1.